The summed E-state index contributed by atoms with van der Waals surface area (Å²) in [6, 6.07) is 0. The van der Waals surface area contributed by atoms with Gasteiger partial charge in [-0.2, -0.15) is 0 Å². The molecule has 0 aliphatic heterocycles. The summed E-state index contributed by atoms with van der Waals surface area (Å²) in [5.74, 6) is 0.464. The first-order chi connectivity index (χ1) is 8.06. The van der Waals surface area contributed by atoms with Crippen molar-refractivity contribution in [3.8, 4) is 0 Å². The fourth-order valence-electron chi connectivity index (χ4n) is 1.97. The maximum absolute atomic E-state index is 11.1. The summed E-state index contributed by atoms with van der Waals surface area (Å²) in [5.41, 5.74) is 2.08. The minimum absolute atomic E-state index is 0.417. The molecular formula is C12H14ClN3O. The first-order valence-electron chi connectivity index (χ1n) is 5.49. The number of rotatable bonds is 3. The van der Waals surface area contributed by atoms with Crippen molar-refractivity contribution in [2.24, 2.45) is 13.0 Å². The number of fused-ring (bicyclic) bond motifs is 1. The molecule has 0 saturated heterocycles. The van der Waals surface area contributed by atoms with Crippen LogP contribution >= 0.6 is 11.6 Å². The van der Waals surface area contributed by atoms with Crippen LogP contribution in [-0.4, -0.2) is 20.8 Å². The highest BCUT2D eigenvalue weighted by Crippen LogP contribution is 2.29. The van der Waals surface area contributed by atoms with E-state index in [1.807, 2.05) is 0 Å². The molecule has 0 N–H and O–H groups in total. The molecule has 0 fully saturated rings. The highest BCUT2D eigenvalue weighted by Gasteiger charge is 2.18. The predicted molar refractivity (Wildman–Crippen MR) is 67.4 cm³/mol. The second-order valence-electron chi connectivity index (χ2n) is 4.50. The van der Waals surface area contributed by atoms with E-state index in [1.165, 1.54) is 6.33 Å². The van der Waals surface area contributed by atoms with Crippen molar-refractivity contribution >= 4 is 28.9 Å². The highest BCUT2D eigenvalue weighted by molar-refractivity contribution is 6.34. The van der Waals surface area contributed by atoms with E-state index >= 15 is 0 Å². The number of aryl methyl sites for hydroxylation is 1. The van der Waals surface area contributed by atoms with Crippen LogP contribution in [0.2, 0.25) is 5.15 Å². The third-order valence-electron chi connectivity index (χ3n) is 2.73. The van der Waals surface area contributed by atoms with Crippen molar-refractivity contribution in [3.05, 3.63) is 22.7 Å². The van der Waals surface area contributed by atoms with Gasteiger partial charge < -0.3 is 4.57 Å². The number of halogens is 1. The molecule has 4 nitrogen and oxygen atoms in total. The van der Waals surface area contributed by atoms with Gasteiger partial charge in [-0.15, -0.1) is 0 Å². The lowest BCUT2D eigenvalue weighted by Crippen LogP contribution is -2.00. The molecule has 90 valence electrons. The molecule has 0 atom stereocenters. The van der Waals surface area contributed by atoms with Crippen LogP contribution in [0.25, 0.3) is 11.0 Å². The Balaban J connectivity index is 2.78. The normalized spacial score (nSPS) is 11.4. The molecule has 2 aromatic heterocycles. The number of aromatic nitrogens is 3. The number of carbonyl (C=O) groups excluding carboxylic acids is 1. The quantitative estimate of drug-likeness (QED) is 0.788. The molecule has 0 bridgehead atoms. The minimum Gasteiger partial charge on any atom is -0.319 e. The third-order valence-corrected chi connectivity index (χ3v) is 3.19. The van der Waals surface area contributed by atoms with Gasteiger partial charge in [0, 0.05) is 7.05 Å². The molecule has 0 aliphatic carbocycles. The van der Waals surface area contributed by atoms with Crippen molar-refractivity contribution in [2.75, 3.05) is 0 Å². The summed E-state index contributed by atoms with van der Waals surface area (Å²) in [4.78, 5) is 19.6. The average molecular weight is 252 g/mol. The first-order valence-corrected chi connectivity index (χ1v) is 5.87. The van der Waals surface area contributed by atoms with E-state index in [9.17, 15) is 4.79 Å². The number of hydrogen-bond acceptors (Lipinski definition) is 3. The monoisotopic (exact) mass is 251 g/mol. The topological polar surface area (TPSA) is 47.8 Å². The van der Waals surface area contributed by atoms with Crippen molar-refractivity contribution in [1.82, 2.24) is 14.5 Å². The van der Waals surface area contributed by atoms with E-state index in [1.54, 1.807) is 11.6 Å². The smallest absolute Gasteiger partial charge is 0.153 e. The van der Waals surface area contributed by atoms with Crippen LogP contribution in [0.15, 0.2) is 6.33 Å². The molecule has 0 amide bonds. The van der Waals surface area contributed by atoms with Gasteiger partial charge in [-0.1, -0.05) is 25.4 Å². The summed E-state index contributed by atoms with van der Waals surface area (Å²) >= 11 is 6.11. The molecule has 0 radical (unpaired) electrons. The van der Waals surface area contributed by atoms with Gasteiger partial charge >= 0.3 is 0 Å². The van der Waals surface area contributed by atoms with Gasteiger partial charge in [0.05, 0.1) is 16.6 Å². The summed E-state index contributed by atoms with van der Waals surface area (Å²) in [7, 11) is 1.80. The third kappa shape index (κ3) is 1.93. The zero-order chi connectivity index (χ0) is 12.6. The second-order valence-corrected chi connectivity index (χ2v) is 4.86. The van der Waals surface area contributed by atoms with Crippen LogP contribution in [0.1, 0.15) is 29.9 Å². The molecule has 0 aliphatic rings. The number of aldehydes is 1. The Morgan fingerprint density at radius 1 is 1.47 bits per heavy atom. The standard InChI is InChI=1S/C12H14ClN3O/c1-7(2)4-9-10-8(5-17)11(13)16(3)12(10)15-6-14-9/h5-7H,4H2,1-3H3. The van der Waals surface area contributed by atoms with Crippen LogP contribution < -0.4 is 0 Å². The largest absolute Gasteiger partial charge is 0.319 e. The van der Waals surface area contributed by atoms with E-state index < -0.39 is 0 Å². The Kier molecular flexibility index (Phi) is 3.15. The minimum atomic E-state index is 0.417. The highest BCUT2D eigenvalue weighted by atomic mass is 35.5. The van der Waals surface area contributed by atoms with Gasteiger partial charge in [-0.05, 0) is 12.3 Å². The van der Waals surface area contributed by atoms with Gasteiger partial charge in [0.2, 0.25) is 0 Å². The Bertz CT molecular complexity index is 575. The Morgan fingerprint density at radius 3 is 2.76 bits per heavy atom. The van der Waals surface area contributed by atoms with Crippen LogP contribution in [-0.2, 0) is 13.5 Å². The van der Waals surface area contributed by atoms with E-state index in [0.717, 1.165) is 23.8 Å². The number of carbonyl (C=O) groups is 1. The molecule has 5 heteroatoms. The van der Waals surface area contributed by atoms with E-state index in [4.69, 9.17) is 11.6 Å². The molecule has 2 heterocycles. The zero-order valence-electron chi connectivity index (χ0n) is 10.1. The molecule has 0 spiro atoms. The molecule has 17 heavy (non-hydrogen) atoms. The Morgan fingerprint density at radius 2 is 2.18 bits per heavy atom. The molecule has 0 unspecified atom stereocenters. The summed E-state index contributed by atoms with van der Waals surface area (Å²) in [6.45, 7) is 4.22. The van der Waals surface area contributed by atoms with Gasteiger partial charge in [-0.3, -0.25) is 4.79 Å². The lowest BCUT2D eigenvalue weighted by molar-refractivity contribution is 0.112. The van der Waals surface area contributed by atoms with E-state index in [2.05, 4.69) is 23.8 Å². The fourth-order valence-corrected chi connectivity index (χ4v) is 2.19. The van der Waals surface area contributed by atoms with Crippen LogP contribution in [0, 0.1) is 5.92 Å². The van der Waals surface area contributed by atoms with E-state index in [-0.39, 0.29) is 0 Å². The van der Waals surface area contributed by atoms with Crippen LogP contribution in [0.5, 0.6) is 0 Å². The maximum Gasteiger partial charge on any atom is 0.153 e. The van der Waals surface area contributed by atoms with E-state index in [0.29, 0.717) is 22.3 Å². The van der Waals surface area contributed by atoms with Crippen molar-refractivity contribution in [1.29, 1.82) is 0 Å². The number of hydrogen-bond donors (Lipinski definition) is 0. The van der Waals surface area contributed by atoms with Gasteiger partial charge in [0.1, 0.15) is 17.1 Å². The van der Waals surface area contributed by atoms with Crippen molar-refractivity contribution in [3.63, 3.8) is 0 Å². The maximum atomic E-state index is 11.1. The lowest BCUT2D eigenvalue weighted by atomic mass is 10.0. The molecule has 0 saturated carbocycles. The molecule has 2 aromatic rings. The van der Waals surface area contributed by atoms with Crippen molar-refractivity contribution < 1.29 is 4.79 Å². The second kappa shape index (κ2) is 4.45. The average Bonchev–Trinajstić information content (AvgIpc) is 2.53. The lowest BCUT2D eigenvalue weighted by Gasteiger charge is -2.05. The van der Waals surface area contributed by atoms with Crippen LogP contribution in [0.3, 0.4) is 0 Å². The van der Waals surface area contributed by atoms with Crippen LogP contribution in [0.4, 0.5) is 0 Å². The Labute approximate surface area is 105 Å². The van der Waals surface area contributed by atoms with Crippen molar-refractivity contribution in [2.45, 2.75) is 20.3 Å². The molecule has 2 rings (SSSR count). The predicted octanol–water partition coefficient (Wildman–Crippen LogP) is 2.63. The van der Waals surface area contributed by atoms with Gasteiger partial charge in [0.25, 0.3) is 0 Å². The number of nitrogens with zero attached hydrogens (tertiary/aromatic N) is 3. The van der Waals surface area contributed by atoms with Gasteiger partial charge in [0.15, 0.2) is 6.29 Å². The first kappa shape index (κ1) is 12.0. The zero-order valence-corrected chi connectivity index (χ0v) is 10.8. The molecular weight excluding hydrogens is 238 g/mol. The fraction of sp³-hybridized carbons (Fsp3) is 0.417. The summed E-state index contributed by atoms with van der Waals surface area (Å²) in [5, 5.41) is 1.20. The van der Waals surface area contributed by atoms with Gasteiger partial charge in [-0.25, -0.2) is 9.97 Å². The Hall–Kier alpha value is -1.42. The summed E-state index contributed by atoms with van der Waals surface area (Å²) < 4.78 is 1.71. The SMILES string of the molecule is CC(C)Cc1ncnc2c1c(C=O)c(Cl)n2C. The summed E-state index contributed by atoms with van der Waals surface area (Å²) in [6.07, 6.45) is 3.10. The molecule has 0 aromatic carbocycles.